The van der Waals surface area contributed by atoms with E-state index in [1.807, 2.05) is 24.3 Å². The monoisotopic (exact) mass is 295 g/mol. The molecule has 3 rings (SSSR count). The zero-order valence-electron chi connectivity index (χ0n) is 11.3. The van der Waals surface area contributed by atoms with Gasteiger partial charge < -0.3 is 9.64 Å². The summed E-state index contributed by atoms with van der Waals surface area (Å²) in [7, 11) is -1.38. The van der Waals surface area contributed by atoms with E-state index >= 15 is 0 Å². The molecule has 2 aliphatic rings. The van der Waals surface area contributed by atoms with E-state index in [4.69, 9.17) is 4.74 Å². The van der Waals surface area contributed by atoms with E-state index in [-0.39, 0.29) is 29.4 Å². The molecule has 0 aliphatic carbocycles. The molecule has 1 amide bonds. The summed E-state index contributed by atoms with van der Waals surface area (Å²) in [6, 6.07) is 7.28. The molecule has 0 saturated carbocycles. The second kappa shape index (κ2) is 4.77. The Hall–Kier alpha value is -1.56. The Kier molecular flexibility index (Phi) is 3.20. The number of hydrogen-bond donors (Lipinski definition) is 0. The molecule has 20 heavy (non-hydrogen) atoms. The van der Waals surface area contributed by atoms with Gasteiger partial charge in [0.05, 0.1) is 24.5 Å². The van der Waals surface area contributed by atoms with Gasteiger partial charge in [-0.15, -0.1) is 0 Å². The third-order valence-electron chi connectivity index (χ3n) is 4.16. The van der Waals surface area contributed by atoms with Gasteiger partial charge in [-0.05, 0) is 12.5 Å². The van der Waals surface area contributed by atoms with Crippen LogP contribution in [0.15, 0.2) is 24.3 Å². The molecule has 6 heteroatoms. The fourth-order valence-corrected chi connectivity index (χ4v) is 5.14. The van der Waals surface area contributed by atoms with E-state index in [9.17, 15) is 13.2 Å². The van der Waals surface area contributed by atoms with E-state index in [0.29, 0.717) is 18.7 Å². The van der Waals surface area contributed by atoms with Crippen molar-refractivity contribution in [1.29, 1.82) is 0 Å². The third-order valence-corrected chi connectivity index (χ3v) is 6.37. The molecule has 0 aromatic heterocycles. The summed E-state index contributed by atoms with van der Waals surface area (Å²) in [5.41, 5.74) is 0.839. The molecule has 1 aromatic carbocycles. The van der Waals surface area contributed by atoms with Crippen LogP contribution >= 0.6 is 0 Å². The number of hydrogen-bond acceptors (Lipinski definition) is 4. The number of fused-ring (bicyclic) bond motifs is 2. The van der Waals surface area contributed by atoms with Crippen LogP contribution in [0.3, 0.4) is 0 Å². The lowest BCUT2D eigenvalue weighted by atomic mass is 10.1. The quantitative estimate of drug-likeness (QED) is 0.821. The molecule has 0 N–H and O–H groups in total. The summed E-state index contributed by atoms with van der Waals surface area (Å²) < 4.78 is 28.6. The first-order valence-electron chi connectivity index (χ1n) is 6.64. The minimum Gasteiger partial charge on any atom is -0.496 e. The molecule has 2 fully saturated rings. The van der Waals surface area contributed by atoms with Crippen LogP contribution in [0, 0.1) is 0 Å². The normalized spacial score (nSPS) is 26.8. The topological polar surface area (TPSA) is 63.7 Å². The van der Waals surface area contributed by atoms with Crippen LogP contribution in [0.25, 0.3) is 0 Å². The number of methoxy groups -OCH3 is 1. The second-order valence-electron chi connectivity index (χ2n) is 5.38. The molecule has 2 bridgehead atoms. The van der Waals surface area contributed by atoms with Crippen LogP contribution in [0.5, 0.6) is 5.75 Å². The lowest BCUT2D eigenvalue weighted by molar-refractivity contribution is -0.131. The fourth-order valence-electron chi connectivity index (χ4n) is 3.12. The van der Waals surface area contributed by atoms with Gasteiger partial charge in [-0.3, -0.25) is 4.79 Å². The summed E-state index contributed by atoms with van der Waals surface area (Å²) in [5, 5.41) is -0.353. The number of nitrogens with zero attached hydrogens (tertiary/aromatic N) is 1. The highest BCUT2D eigenvalue weighted by Crippen LogP contribution is 2.33. The smallest absolute Gasteiger partial charge is 0.227 e. The highest BCUT2D eigenvalue weighted by atomic mass is 32.2. The van der Waals surface area contributed by atoms with Crippen molar-refractivity contribution >= 4 is 15.7 Å². The Labute approximate surface area is 118 Å². The van der Waals surface area contributed by atoms with Crippen LogP contribution in [0.1, 0.15) is 12.0 Å². The van der Waals surface area contributed by atoms with Crippen molar-refractivity contribution in [3.8, 4) is 5.75 Å². The molecule has 2 heterocycles. The molecular weight excluding hydrogens is 278 g/mol. The minimum absolute atomic E-state index is 0.0168. The molecule has 0 spiro atoms. The van der Waals surface area contributed by atoms with Gasteiger partial charge in [0, 0.05) is 18.2 Å². The molecular formula is C14H17NO4S. The maximum atomic E-state index is 12.4. The Bertz CT molecular complexity index is 640. The average Bonchev–Trinajstić information content (AvgIpc) is 2.95. The number of para-hydroxylation sites is 1. The van der Waals surface area contributed by atoms with E-state index < -0.39 is 9.84 Å². The summed E-state index contributed by atoms with van der Waals surface area (Å²) in [6.07, 6.45) is 0.854. The van der Waals surface area contributed by atoms with Crippen molar-refractivity contribution in [2.24, 2.45) is 0 Å². The molecule has 2 aliphatic heterocycles. The van der Waals surface area contributed by atoms with Crippen LogP contribution in [-0.4, -0.2) is 49.9 Å². The van der Waals surface area contributed by atoms with Crippen LogP contribution in [0.2, 0.25) is 0 Å². The van der Waals surface area contributed by atoms with Crippen molar-refractivity contribution in [3.63, 3.8) is 0 Å². The number of sulfone groups is 1. The van der Waals surface area contributed by atoms with Gasteiger partial charge in [-0.25, -0.2) is 8.42 Å². The summed E-state index contributed by atoms with van der Waals surface area (Å²) in [4.78, 5) is 14.1. The van der Waals surface area contributed by atoms with Gasteiger partial charge in [-0.1, -0.05) is 18.2 Å². The van der Waals surface area contributed by atoms with Gasteiger partial charge in [0.15, 0.2) is 9.84 Å². The number of carbonyl (C=O) groups is 1. The number of amides is 1. The van der Waals surface area contributed by atoms with Crippen molar-refractivity contribution in [1.82, 2.24) is 4.90 Å². The molecule has 5 nitrogen and oxygen atoms in total. The maximum absolute atomic E-state index is 12.4. The summed E-state index contributed by atoms with van der Waals surface area (Å²) >= 11 is 0. The number of ether oxygens (including phenoxy) is 1. The molecule has 1 aromatic rings. The number of benzene rings is 1. The standard InChI is InChI=1S/C14H17NO4S/c1-19-13-5-3-2-4-10(13)6-14(16)15-8-12-7-11(15)9-20(12,17)18/h2-5,11-12H,6-9H2,1H3/t11-,12+/m0/s1. The molecule has 2 saturated heterocycles. The SMILES string of the molecule is COc1ccccc1CC(=O)N1C[C@H]2C[C@H]1CS2(=O)=O. The highest BCUT2D eigenvalue weighted by molar-refractivity contribution is 7.92. The van der Waals surface area contributed by atoms with Crippen LogP contribution < -0.4 is 4.74 Å². The van der Waals surface area contributed by atoms with E-state index in [1.54, 1.807) is 12.0 Å². The van der Waals surface area contributed by atoms with Crippen LogP contribution in [-0.2, 0) is 21.1 Å². The number of rotatable bonds is 3. The van der Waals surface area contributed by atoms with Gasteiger partial charge in [0.2, 0.25) is 5.91 Å². The van der Waals surface area contributed by atoms with E-state index in [0.717, 1.165) is 5.56 Å². The molecule has 2 atom stereocenters. The van der Waals surface area contributed by atoms with Gasteiger partial charge in [-0.2, -0.15) is 0 Å². The van der Waals surface area contributed by atoms with Crippen LogP contribution in [0.4, 0.5) is 0 Å². The van der Waals surface area contributed by atoms with E-state index in [1.165, 1.54) is 0 Å². The van der Waals surface area contributed by atoms with Crippen molar-refractivity contribution < 1.29 is 17.9 Å². The Morgan fingerprint density at radius 3 is 2.75 bits per heavy atom. The Morgan fingerprint density at radius 1 is 1.40 bits per heavy atom. The predicted molar refractivity (Wildman–Crippen MR) is 74.4 cm³/mol. The summed E-state index contributed by atoms with van der Waals surface area (Å²) in [5.74, 6) is 0.796. The second-order valence-corrected chi connectivity index (χ2v) is 7.70. The third kappa shape index (κ3) is 2.18. The zero-order valence-corrected chi connectivity index (χ0v) is 12.1. The van der Waals surface area contributed by atoms with Gasteiger partial charge in [0.25, 0.3) is 0 Å². The lowest BCUT2D eigenvalue weighted by Crippen LogP contribution is -2.44. The Morgan fingerprint density at radius 2 is 2.15 bits per heavy atom. The van der Waals surface area contributed by atoms with Crippen molar-refractivity contribution in [3.05, 3.63) is 29.8 Å². The fraction of sp³-hybridized carbons (Fsp3) is 0.500. The van der Waals surface area contributed by atoms with Gasteiger partial charge >= 0.3 is 0 Å². The number of carbonyl (C=O) groups excluding carboxylic acids is 1. The van der Waals surface area contributed by atoms with Gasteiger partial charge in [0.1, 0.15) is 5.75 Å². The zero-order chi connectivity index (χ0) is 14.3. The van der Waals surface area contributed by atoms with E-state index in [2.05, 4.69) is 0 Å². The first kappa shape index (κ1) is 13.4. The summed E-state index contributed by atoms with van der Waals surface area (Å²) in [6.45, 7) is 0.348. The first-order chi connectivity index (χ1) is 9.51. The largest absolute Gasteiger partial charge is 0.496 e. The molecule has 0 radical (unpaired) electrons. The average molecular weight is 295 g/mol. The van der Waals surface area contributed by atoms with Crippen molar-refractivity contribution in [2.75, 3.05) is 19.4 Å². The predicted octanol–water partition coefficient (Wildman–Crippen LogP) is 0.636. The highest BCUT2D eigenvalue weighted by Gasteiger charge is 2.49. The first-order valence-corrected chi connectivity index (χ1v) is 8.36. The minimum atomic E-state index is -2.96. The maximum Gasteiger partial charge on any atom is 0.227 e. The lowest BCUT2D eigenvalue weighted by Gasteiger charge is -2.27. The molecule has 0 unspecified atom stereocenters. The number of likely N-dealkylation sites (tertiary alicyclic amines) is 1. The molecule has 108 valence electrons. The Balaban J connectivity index is 1.73. The van der Waals surface area contributed by atoms with Crippen molar-refractivity contribution in [2.45, 2.75) is 24.1 Å².